The fourth-order valence-corrected chi connectivity index (χ4v) is 7.92. The molecule has 6 aromatic carbocycles. The second kappa shape index (κ2) is 11.7. The van der Waals surface area contributed by atoms with Gasteiger partial charge in [0.2, 0.25) is 0 Å². The molecule has 0 aliphatic carbocycles. The van der Waals surface area contributed by atoms with Crippen molar-refractivity contribution in [2.45, 2.75) is 0 Å². The molecular formula is C43H37BO2. The first kappa shape index (κ1) is 28.4. The van der Waals surface area contributed by atoms with Crippen LogP contribution in [-0.4, -0.2) is 33.8 Å². The van der Waals surface area contributed by atoms with Crippen LogP contribution in [0.3, 0.4) is 0 Å². The third kappa shape index (κ3) is 4.72. The van der Waals surface area contributed by atoms with Crippen LogP contribution < -0.4 is 10.9 Å². The SMILES string of the molecule is C[O+]1[CH-]C(c2ccccc2)=C(c2ccc3cc(C4=C(c5ccccc5)[B-](c5ccccc5)(c5ccccc5)[O+](C)C4)ccc3c2)C1. The summed E-state index contributed by atoms with van der Waals surface area (Å²) in [6, 6.07) is 57.7. The van der Waals surface area contributed by atoms with Gasteiger partial charge in [-0.05, 0) is 22.4 Å². The van der Waals surface area contributed by atoms with Crippen molar-refractivity contribution in [3.05, 3.63) is 187 Å². The molecule has 2 aliphatic rings. The van der Waals surface area contributed by atoms with Crippen LogP contribution in [-0.2, 0) is 8.65 Å². The molecule has 0 saturated carbocycles. The average molecular weight is 597 g/mol. The molecule has 0 bridgehead atoms. The Morgan fingerprint density at radius 3 is 1.50 bits per heavy atom. The Balaban J connectivity index is 1.30. The predicted molar refractivity (Wildman–Crippen MR) is 196 cm³/mol. The third-order valence-corrected chi connectivity index (χ3v) is 9.97. The van der Waals surface area contributed by atoms with Crippen LogP contribution in [0.25, 0.3) is 33.0 Å². The highest BCUT2D eigenvalue weighted by Crippen LogP contribution is 2.44. The van der Waals surface area contributed by atoms with Crippen molar-refractivity contribution in [2.75, 3.05) is 27.4 Å². The smallest absolute Gasteiger partial charge is 0.378 e. The van der Waals surface area contributed by atoms with E-state index in [0.29, 0.717) is 0 Å². The lowest BCUT2D eigenvalue weighted by Crippen LogP contribution is -2.64. The Kier molecular flexibility index (Phi) is 7.21. The van der Waals surface area contributed by atoms with Crippen molar-refractivity contribution in [3.8, 4) is 0 Å². The van der Waals surface area contributed by atoms with Gasteiger partial charge >= 0.3 is 6.35 Å². The molecule has 0 saturated heterocycles. The molecule has 8 rings (SSSR count). The van der Waals surface area contributed by atoms with E-state index < -0.39 is 6.35 Å². The van der Waals surface area contributed by atoms with E-state index in [4.69, 9.17) is 0 Å². The van der Waals surface area contributed by atoms with E-state index in [-0.39, 0.29) is 0 Å². The largest absolute Gasteiger partial charge is 0.659 e. The molecule has 0 fully saturated rings. The van der Waals surface area contributed by atoms with Crippen molar-refractivity contribution in [1.82, 2.24) is 0 Å². The number of rotatable bonds is 6. The summed E-state index contributed by atoms with van der Waals surface area (Å²) in [6.45, 7) is 3.80. The molecule has 224 valence electrons. The molecule has 0 radical (unpaired) electrons. The first-order valence-electron chi connectivity index (χ1n) is 16.1. The Hall–Kier alpha value is -5.09. The minimum Gasteiger partial charge on any atom is -0.659 e. The highest BCUT2D eigenvalue weighted by molar-refractivity contribution is 7.13. The van der Waals surface area contributed by atoms with Crippen LogP contribution in [0.5, 0.6) is 0 Å². The summed E-state index contributed by atoms with van der Waals surface area (Å²) in [7, 11) is 4.29. The van der Waals surface area contributed by atoms with Gasteiger partial charge in [-0.25, -0.2) is 0 Å². The van der Waals surface area contributed by atoms with Crippen molar-refractivity contribution >= 4 is 50.2 Å². The van der Waals surface area contributed by atoms with Gasteiger partial charge in [-0.15, -0.1) is 28.6 Å². The van der Waals surface area contributed by atoms with Crippen LogP contribution >= 0.6 is 0 Å². The lowest BCUT2D eigenvalue weighted by molar-refractivity contribution is -0.000975. The molecule has 6 aromatic rings. The number of hydrogen-bond acceptors (Lipinski definition) is 0. The van der Waals surface area contributed by atoms with Crippen LogP contribution in [0, 0.1) is 6.61 Å². The number of benzene rings is 6. The first-order chi connectivity index (χ1) is 22.6. The van der Waals surface area contributed by atoms with Gasteiger partial charge in [0.25, 0.3) is 0 Å². The molecule has 3 heteroatoms. The quantitative estimate of drug-likeness (QED) is 0.103. The van der Waals surface area contributed by atoms with Crippen LogP contribution in [0.1, 0.15) is 22.3 Å². The Labute approximate surface area is 272 Å². The van der Waals surface area contributed by atoms with E-state index in [2.05, 4.69) is 187 Å². The highest BCUT2D eigenvalue weighted by atomic mass is 16.7. The maximum absolute atomic E-state index is 3.68. The van der Waals surface area contributed by atoms with Gasteiger partial charge in [-0.2, -0.15) is 0 Å². The second-order valence-corrected chi connectivity index (χ2v) is 12.7. The first-order valence-corrected chi connectivity index (χ1v) is 16.1. The van der Waals surface area contributed by atoms with Crippen molar-refractivity contribution < 1.29 is 8.65 Å². The van der Waals surface area contributed by atoms with Gasteiger partial charge in [-0.3, -0.25) is 0 Å². The molecule has 2 heterocycles. The molecule has 2 nitrogen and oxygen atoms in total. The molecule has 0 atom stereocenters. The maximum atomic E-state index is 3.68. The summed E-state index contributed by atoms with van der Waals surface area (Å²) in [5.74, 6) is 0. The Morgan fingerprint density at radius 1 is 0.478 bits per heavy atom. The molecular weight excluding hydrogens is 559 g/mol. The lowest BCUT2D eigenvalue weighted by atomic mass is 9.27. The number of fused-ring (bicyclic) bond motifs is 1. The van der Waals surface area contributed by atoms with E-state index >= 15 is 0 Å². The van der Waals surface area contributed by atoms with Crippen molar-refractivity contribution in [3.63, 3.8) is 0 Å². The molecule has 0 spiro atoms. The standard InChI is InChI=1S/C43H37BO2/c1-45-29-40(32-15-7-3-8-16-32)41(30-45)36-25-23-35-28-37(26-24-34(35)27-36)42-31-46(2)44(38-19-11-5-12-20-38,39-21-13-6-14-22-39)43(42)33-17-9-4-10-18-33/h3-29H,30-31H2,1-2H3. The minimum absolute atomic E-state index is 0.782. The zero-order chi connectivity index (χ0) is 31.1. The highest BCUT2D eigenvalue weighted by Gasteiger charge is 2.51. The van der Waals surface area contributed by atoms with E-state index in [1.165, 1.54) is 66.1 Å². The van der Waals surface area contributed by atoms with Crippen LogP contribution in [0.15, 0.2) is 158 Å². The van der Waals surface area contributed by atoms with Gasteiger partial charge in [-0.1, -0.05) is 167 Å². The minimum atomic E-state index is -1.47. The molecule has 0 N–H and O–H groups in total. The van der Waals surface area contributed by atoms with Gasteiger partial charge in [0, 0.05) is 5.57 Å². The average Bonchev–Trinajstić information content (AvgIpc) is 3.67. The predicted octanol–water partition coefficient (Wildman–Crippen LogP) is 8.51. The summed E-state index contributed by atoms with van der Waals surface area (Å²) in [6.07, 6.45) is -1.47. The van der Waals surface area contributed by atoms with Crippen LogP contribution in [0.4, 0.5) is 0 Å². The zero-order valence-corrected chi connectivity index (χ0v) is 26.4. The van der Waals surface area contributed by atoms with Crippen molar-refractivity contribution in [2.24, 2.45) is 0 Å². The van der Waals surface area contributed by atoms with Gasteiger partial charge in [0.1, 0.15) is 20.3 Å². The Bertz CT molecular complexity index is 2040. The second-order valence-electron chi connectivity index (χ2n) is 12.7. The molecule has 46 heavy (non-hydrogen) atoms. The fourth-order valence-electron chi connectivity index (χ4n) is 7.92. The summed E-state index contributed by atoms with van der Waals surface area (Å²) in [5, 5.41) is 2.51. The maximum Gasteiger partial charge on any atom is 0.378 e. The summed E-state index contributed by atoms with van der Waals surface area (Å²) >= 11 is 0. The van der Waals surface area contributed by atoms with Gasteiger partial charge in [0.15, 0.2) is 0 Å². The molecule has 0 aromatic heterocycles. The third-order valence-electron chi connectivity index (χ3n) is 9.97. The molecule has 0 amide bonds. The van der Waals surface area contributed by atoms with Crippen LogP contribution in [0.2, 0.25) is 0 Å². The lowest BCUT2D eigenvalue weighted by Gasteiger charge is -2.43. The zero-order valence-electron chi connectivity index (χ0n) is 26.4. The monoisotopic (exact) mass is 596 g/mol. The Morgan fingerprint density at radius 2 is 0.957 bits per heavy atom. The van der Waals surface area contributed by atoms with E-state index in [1.54, 1.807) is 0 Å². The topological polar surface area (TPSA) is 5.40 Å². The van der Waals surface area contributed by atoms with E-state index in [9.17, 15) is 0 Å². The van der Waals surface area contributed by atoms with Crippen molar-refractivity contribution in [1.29, 1.82) is 0 Å². The summed E-state index contributed by atoms with van der Waals surface area (Å²) < 4.78 is 6.83. The summed E-state index contributed by atoms with van der Waals surface area (Å²) in [5.41, 5.74) is 13.0. The fraction of sp³-hybridized carbons (Fsp3) is 0.0930. The number of hydrogen-bond donors (Lipinski definition) is 0. The van der Waals surface area contributed by atoms with Gasteiger partial charge in [0.05, 0.1) is 13.7 Å². The normalized spacial score (nSPS) is 16.7. The molecule has 2 aliphatic heterocycles. The van der Waals surface area contributed by atoms with E-state index in [0.717, 1.165) is 13.2 Å². The van der Waals surface area contributed by atoms with E-state index in [1.807, 2.05) is 0 Å². The summed E-state index contributed by atoms with van der Waals surface area (Å²) in [4.78, 5) is 0. The van der Waals surface area contributed by atoms with Gasteiger partial charge < -0.3 is 8.65 Å². The molecule has 0 unspecified atom stereocenters.